The van der Waals surface area contributed by atoms with Gasteiger partial charge in [0.1, 0.15) is 0 Å². The second-order valence-corrected chi connectivity index (χ2v) is 5.25. The highest BCUT2D eigenvalue weighted by atomic mass is 16.6. The number of rotatable bonds is 4. The number of benzene rings is 2. The monoisotopic (exact) mass is 312 g/mol. The van der Waals surface area contributed by atoms with Gasteiger partial charge in [-0.25, -0.2) is 0 Å². The SMILES string of the molecule is COc1cc2c(cc1OC)CC(c1ccc([N+](=O)[O-])cc1)N=C2. The lowest BCUT2D eigenvalue weighted by molar-refractivity contribution is -0.384. The Morgan fingerprint density at radius 2 is 1.78 bits per heavy atom. The van der Waals surface area contributed by atoms with E-state index in [-0.39, 0.29) is 11.7 Å². The first-order valence-electron chi connectivity index (χ1n) is 7.15. The maximum absolute atomic E-state index is 10.7. The summed E-state index contributed by atoms with van der Waals surface area (Å²) in [4.78, 5) is 14.9. The van der Waals surface area contributed by atoms with Crippen LogP contribution in [0.3, 0.4) is 0 Å². The Kier molecular flexibility index (Phi) is 3.97. The molecule has 23 heavy (non-hydrogen) atoms. The highest BCUT2D eigenvalue weighted by Crippen LogP contribution is 2.35. The van der Waals surface area contributed by atoms with Gasteiger partial charge in [0, 0.05) is 18.3 Å². The van der Waals surface area contributed by atoms with E-state index in [1.807, 2.05) is 18.3 Å². The number of hydrogen-bond donors (Lipinski definition) is 0. The fourth-order valence-corrected chi connectivity index (χ4v) is 2.69. The first-order chi connectivity index (χ1) is 11.1. The molecule has 1 atom stereocenters. The minimum Gasteiger partial charge on any atom is -0.493 e. The van der Waals surface area contributed by atoms with Gasteiger partial charge in [0.05, 0.1) is 25.2 Å². The summed E-state index contributed by atoms with van der Waals surface area (Å²) in [6.45, 7) is 0. The van der Waals surface area contributed by atoms with E-state index >= 15 is 0 Å². The van der Waals surface area contributed by atoms with Crippen LogP contribution in [0.2, 0.25) is 0 Å². The van der Waals surface area contributed by atoms with Crippen molar-refractivity contribution >= 4 is 11.9 Å². The average Bonchev–Trinajstić information content (AvgIpc) is 2.60. The van der Waals surface area contributed by atoms with Crippen LogP contribution in [-0.4, -0.2) is 25.4 Å². The van der Waals surface area contributed by atoms with Crippen molar-refractivity contribution < 1.29 is 14.4 Å². The van der Waals surface area contributed by atoms with Crippen LogP contribution in [0.4, 0.5) is 5.69 Å². The molecule has 0 aromatic heterocycles. The van der Waals surface area contributed by atoms with Crippen molar-refractivity contribution in [2.24, 2.45) is 4.99 Å². The number of ether oxygens (including phenoxy) is 2. The summed E-state index contributed by atoms with van der Waals surface area (Å²) in [7, 11) is 3.21. The van der Waals surface area contributed by atoms with Gasteiger partial charge in [-0.05, 0) is 35.2 Å². The lowest BCUT2D eigenvalue weighted by atomic mass is 9.93. The van der Waals surface area contributed by atoms with Crippen LogP contribution < -0.4 is 9.47 Å². The molecule has 0 radical (unpaired) electrons. The van der Waals surface area contributed by atoms with Crippen molar-refractivity contribution in [3.63, 3.8) is 0 Å². The zero-order valence-corrected chi connectivity index (χ0v) is 12.9. The van der Waals surface area contributed by atoms with E-state index in [9.17, 15) is 10.1 Å². The molecule has 3 rings (SSSR count). The van der Waals surface area contributed by atoms with Crippen molar-refractivity contribution in [3.8, 4) is 11.5 Å². The minimum atomic E-state index is -0.402. The van der Waals surface area contributed by atoms with E-state index in [4.69, 9.17) is 9.47 Å². The Bertz CT molecular complexity index is 769. The summed E-state index contributed by atoms with van der Waals surface area (Å²) in [5.41, 5.74) is 3.15. The van der Waals surface area contributed by atoms with E-state index < -0.39 is 4.92 Å². The van der Waals surface area contributed by atoms with E-state index in [0.29, 0.717) is 17.9 Å². The summed E-state index contributed by atoms with van der Waals surface area (Å²) in [5.74, 6) is 1.36. The predicted molar refractivity (Wildman–Crippen MR) is 86.7 cm³/mol. The molecule has 0 fully saturated rings. The number of nitro benzene ring substituents is 1. The number of fused-ring (bicyclic) bond motifs is 1. The fraction of sp³-hybridized carbons (Fsp3) is 0.235. The van der Waals surface area contributed by atoms with Gasteiger partial charge < -0.3 is 9.47 Å². The average molecular weight is 312 g/mol. The lowest BCUT2D eigenvalue weighted by Gasteiger charge is -2.21. The molecule has 1 unspecified atom stereocenters. The number of hydrogen-bond acceptors (Lipinski definition) is 5. The fourth-order valence-electron chi connectivity index (χ4n) is 2.69. The summed E-state index contributed by atoms with van der Waals surface area (Å²) >= 11 is 0. The molecule has 2 aromatic rings. The smallest absolute Gasteiger partial charge is 0.269 e. The number of methoxy groups -OCH3 is 2. The van der Waals surface area contributed by atoms with E-state index in [2.05, 4.69) is 4.99 Å². The second-order valence-electron chi connectivity index (χ2n) is 5.25. The Morgan fingerprint density at radius 3 is 2.39 bits per heavy atom. The van der Waals surface area contributed by atoms with Crippen LogP contribution in [-0.2, 0) is 6.42 Å². The third-order valence-corrected chi connectivity index (χ3v) is 3.94. The van der Waals surface area contributed by atoms with E-state index in [0.717, 1.165) is 16.7 Å². The molecule has 0 spiro atoms. The Labute approximate surface area is 133 Å². The molecule has 1 heterocycles. The third kappa shape index (κ3) is 2.88. The molecule has 2 aromatic carbocycles. The zero-order chi connectivity index (χ0) is 16.4. The van der Waals surface area contributed by atoms with Crippen molar-refractivity contribution in [3.05, 3.63) is 63.2 Å². The van der Waals surface area contributed by atoms with Crippen molar-refractivity contribution in [1.82, 2.24) is 0 Å². The van der Waals surface area contributed by atoms with Gasteiger partial charge >= 0.3 is 0 Å². The van der Waals surface area contributed by atoms with Gasteiger partial charge in [-0.2, -0.15) is 0 Å². The number of nitrogens with zero attached hydrogens (tertiary/aromatic N) is 2. The minimum absolute atomic E-state index is 0.0543. The Hall–Kier alpha value is -2.89. The first-order valence-corrected chi connectivity index (χ1v) is 7.15. The summed E-state index contributed by atoms with van der Waals surface area (Å²) in [6.07, 6.45) is 2.52. The maximum Gasteiger partial charge on any atom is 0.269 e. The molecule has 0 saturated carbocycles. The van der Waals surface area contributed by atoms with Crippen LogP contribution >= 0.6 is 0 Å². The Morgan fingerprint density at radius 1 is 1.13 bits per heavy atom. The maximum atomic E-state index is 10.7. The van der Waals surface area contributed by atoms with Gasteiger partial charge in [0.15, 0.2) is 11.5 Å². The standard InChI is InChI=1S/C17H16N2O4/c1-22-16-8-12-7-15(18-10-13(12)9-17(16)23-2)11-3-5-14(6-4-11)19(20)21/h3-6,8-10,15H,7H2,1-2H3. The number of nitro groups is 1. The van der Waals surface area contributed by atoms with E-state index in [1.54, 1.807) is 26.4 Å². The molecular weight excluding hydrogens is 296 g/mol. The van der Waals surface area contributed by atoms with Crippen LogP contribution in [0.25, 0.3) is 0 Å². The summed E-state index contributed by atoms with van der Waals surface area (Å²) in [6, 6.07) is 10.3. The molecule has 0 aliphatic carbocycles. The summed E-state index contributed by atoms with van der Waals surface area (Å²) in [5, 5.41) is 10.7. The van der Waals surface area contributed by atoms with Crippen LogP contribution in [0.5, 0.6) is 11.5 Å². The highest BCUT2D eigenvalue weighted by molar-refractivity contribution is 5.84. The Balaban J connectivity index is 1.89. The van der Waals surface area contributed by atoms with Crippen molar-refractivity contribution in [2.45, 2.75) is 12.5 Å². The predicted octanol–water partition coefficient (Wildman–Crippen LogP) is 3.33. The number of non-ortho nitro benzene ring substituents is 1. The lowest BCUT2D eigenvalue weighted by Crippen LogP contribution is -2.09. The zero-order valence-electron chi connectivity index (χ0n) is 12.9. The van der Waals surface area contributed by atoms with Crippen LogP contribution in [0.1, 0.15) is 22.7 Å². The summed E-state index contributed by atoms with van der Waals surface area (Å²) < 4.78 is 10.6. The first kappa shape index (κ1) is 15.0. The normalized spacial score (nSPS) is 15.8. The molecule has 6 nitrogen and oxygen atoms in total. The topological polar surface area (TPSA) is 74.0 Å². The van der Waals surface area contributed by atoms with Crippen molar-refractivity contribution in [1.29, 1.82) is 0 Å². The van der Waals surface area contributed by atoms with Gasteiger partial charge in [-0.15, -0.1) is 0 Å². The van der Waals surface area contributed by atoms with Gasteiger partial charge in [-0.3, -0.25) is 15.1 Å². The van der Waals surface area contributed by atoms with Crippen LogP contribution in [0, 0.1) is 10.1 Å². The van der Waals surface area contributed by atoms with Crippen LogP contribution in [0.15, 0.2) is 41.4 Å². The highest BCUT2D eigenvalue weighted by Gasteiger charge is 2.20. The molecule has 1 aliphatic rings. The van der Waals surface area contributed by atoms with E-state index in [1.165, 1.54) is 12.1 Å². The third-order valence-electron chi connectivity index (χ3n) is 3.94. The molecule has 1 aliphatic heterocycles. The largest absolute Gasteiger partial charge is 0.493 e. The molecule has 0 saturated heterocycles. The van der Waals surface area contributed by atoms with Gasteiger partial charge in [-0.1, -0.05) is 12.1 Å². The molecule has 0 amide bonds. The molecule has 0 bridgehead atoms. The molecule has 6 heteroatoms. The van der Waals surface area contributed by atoms with Crippen molar-refractivity contribution in [2.75, 3.05) is 14.2 Å². The molecule has 0 N–H and O–H groups in total. The molecular formula is C17H16N2O4. The number of aliphatic imine (C=N–C) groups is 1. The molecule has 118 valence electrons. The van der Waals surface area contributed by atoms with Gasteiger partial charge in [0.2, 0.25) is 0 Å². The second kappa shape index (κ2) is 6.08. The quantitative estimate of drug-likeness (QED) is 0.641. The van der Waals surface area contributed by atoms with Gasteiger partial charge in [0.25, 0.3) is 5.69 Å².